The molecule has 3 aromatic heterocycles. The minimum absolute atomic E-state index is 0.0893. The fourth-order valence-corrected chi connectivity index (χ4v) is 3.38. The first-order valence-electron chi connectivity index (χ1n) is 11.0. The molecule has 0 saturated heterocycles. The van der Waals surface area contributed by atoms with E-state index in [2.05, 4.69) is 15.5 Å². The van der Waals surface area contributed by atoms with Gasteiger partial charge in [-0.05, 0) is 40.2 Å². The Bertz CT molecular complexity index is 1100. The van der Waals surface area contributed by atoms with Crippen LogP contribution in [0.15, 0.2) is 36.9 Å². The zero-order valence-corrected chi connectivity index (χ0v) is 19.9. The van der Waals surface area contributed by atoms with Crippen molar-refractivity contribution in [2.24, 2.45) is 7.05 Å². The lowest BCUT2D eigenvalue weighted by atomic mass is 10.1. The van der Waals surface area contributed by atoms with Crippen molar-refractivity contribution in [3.63, 3.8) is 0 Å². The number of pyridine rings is 1. The number of fused-ring (bicyclic) bond motifs is 1. The van der Waals surface area contributed by atoms with Gasteiger partial charge in [0.05, 0.1) is 30.2 Å². The molecule has 3 aromatic rings. The molecule has 33 heavy (non-hydrogen) atoms. The highest BCUT2D eigenvalue weighted by Crippen LogP contribution is 2.25. The standard InChI is InChI=1S/C23H32N6O4/c1-6-32-21(30)16-28(11-7-10-24-22(31)33-23(2,3)4)20-13-26-29-15-17(8-9-19(20)29)18-12-25-27(5)14-18/h8-9,12-15H,6-7,10-11,16H2,1-5H3,(H,24,31). The molecule has 0 aliphatic heterocycles. The van der Waals surface area contributed by atoms with Gasteiger partial charge < -0.3 is 19.7 Å². The fourth-order valence-electron chi connectivity index (χ4n) is 3.38. The van der Waals surface area contributed by atoms with Crippen LogP contribution < -0.4 is 10.2 Å². The second-order valence-corrected chi connectivity index (χ2v) is 8.69. The predicted octanol–water partition coefficient (Wildman–Crippen LogP) is 3.02. The number of aryl methyl sites for hydroxylation is 1. The maximum atomic E-state index is 12.2. The molecule has 0 aliphatic carbocycles. The molecule has 0 aliphatic rings. The number of carbonyl (C=O) groups excluding carboxylic acids is 2. The number of esters is 1. The molecule has 0 bridgehead atoms. The molecule has 3 rings (SSSR count). The van der Waals surface area contributed by atoms with Gasteiger partial charge in [-0.1, -0.05) is 6.07 Å². The summed E-state index contributed by atoms with van der Waals surface area (Å²) in [7, 11) is 1.87. The van der Waals surface area contributed by atoms with Crippen molar-refractivity contribution in [1.82, 2.24) is 24.7 Å². The second kappa shape index (κ2) is 10.4. The summed E-state index contributed by atoms with van der Waals surface area (Å²) in [4.78, 5) is 26.0. The third kappa shape index (κ3) is 6.71. The van der Waals surface area contributed by atoms with Gasteiger partial charge in [-0.15, -0.1) is 0 Å². The number of hydrogen-bond acceptors (Lipinski definition) is 7. The number of aromatic nitrogens is 4. The number of alkyl carbamates (subject to hydrolysis) is 1. The van der Waals surface area contributed by atoms with Crippen LogP contribution in [0.3, 0.4) is 0 Å². The van der Waals surface area contributed by atoms with E-state index in [0.717, 1.165) is 22.3 Å². The second-order valence-electron chi connectivity index (χ2n) is 8.69. The van der Waals surface area contributed by atoms with Crippen LogP contribution in [0, 0.1) is 0 Å². The van der Waals surface area contributed by atoms with Gasteiger partial charge in [0.25, 0.3) is 0 Å². The first-order chi connectivity index (χ1) is 15.7. The van der Waals surface area contributed by atoms with Crippen molar-refractivity contribution in [3.8, 4) is 11.1 Å². The summed E-state index contributed by atoms with van der Waals surface area (Å²) in [5.74, 6) is -0.316. The highest BCUT2D eigenvalue weighted by Gasteiger charge is 2.18. The van der Waals surface area contributed by atoms with Crippen LogP contribution >= 0.6 is 0 Å². The highest BCUT2D eigenvalue weighted by atomic mass is 16.6. The largest absolute Gasteiger partial charge is 0.465 e. The predicted molar refractivity (Wildman–Crippen MR) is 125 cm³/mol. The van der Waals surface area contributed by atoms with Crippen LogP contribution in [-0.2, 0) is 21.3 Å². The summed E-state index contributed by atoms with van der Waals surface area (Å²) in [6.07, 6.45) is 7.57. The van der Waals surface area contributed by atoms with Crippen LogP contribution in [0.25, 0.3) is 16.6 Å². The number of carbonyl (C=O) groups is 2. The summed E-state index contributed by atoms with van der Waals surface area (Å²) in [6, 6.07) is 3.98. The van der Waals surface area contributed by atoms with Gasteiger partial charge in [0.2, 0.25) is 0 Å². The van der Waals surface area contributed by atoms with Crippen LogP contribution in [0.5, 0.6) is 0 Å². The van der Waals surface area contributed by atoms with Gasteiger partial charge in [-0.25, -0.2) is 9.31 Å². The summed E-state index contributed by atoms with van der Waals surface area (Å²) < 4.78 is 14.0. The average Bonchev–Trinajstić information content (AvgIpc) is 3.35. The Kier molecular flexibility index (Phi) is 7.57. The fraction of sp³-hybridized carbons (Fsp3) is 0.478. The van der Waals surface area contributed by atoms with E-state index in [4.69, 9.17) is 9.47 Å². The molecule has 0 unspecified atom stereocenters. The molecule has 0 saturated carbocycles. The third-order valence-corrected chi connectivity index (χ3v) is 4.77. The monoisotopic (exact) mass is 456 g/mol. The van der Waals surface area contributed by atoms with Gasteiger partial charge >= 0.3 is 12.1 Å². The van der Waals surface area contributed by atoms with Crippen molar-refractivity contribution in [3.05, 3.63) is 36.9 Å². The number of nitrogens with zero attached hydrogens (tertiary/aromatic N) is 5. The first kappa shape index (κ1) is 24.1. The van der Waals surface area contributed by atoms with Gasteiger partial charge in [-0.2, -0.15) is 10.2 Å². The maximum absolute atomic E-state index is 12.2. The minimum atomic E-state index is -0.550. The number of amides is 1. The van der Waals surface area contributed by atoms with Crippen molar-refractivity contribution >= 4 is 23.3 Å². The van der Waals surface area contributed by atoms with Crippen molar-refractivity contribution in [2.45, 2.75) is 39.7 Å². The SMILES string of the molecule is CCOC(=O)CN(CCCNC(=O)OC(C)(C)C)c1cnn2cc(-c3cnn(C)c3)ccc12. The summed E-state index contributed by atoms with van der Waals surface area (Å²) in [5.41, 5.74) is 3.12. The molecule has 0 radical (unpaired) electrons. The Labute approximate surface area is 193 Å². The zero-order valence-electron chi connectivity index (χ0n) is 19.9. The lowest BCUT2D eigenvalue weighted by molar-refractivity contribution is -0.141. The molecule has 1 amide bonds. The smallest absolute Gasteiger partial charge is 0.407 e. The van der Waals surface area contributed by atoms with Gasteiger partial charge in [-0.3, -0.25) is 9.48 Å². The molecule has 0 fully saturated rings. The molecule has 10 heteroatoms. The number of hydrogen-bond donors (Lipinski definition) is 1. The average molecular weight is 457 g/mol. The van der Waals surface area contributed by atoms with Gasteiger partial charge in [0.1, 0.15) is 12.1 Å². The zero-order chi connectivity index (χ0) is 24.0. The molecule has 1 N–H and O–H groups in total. The van der Waals surface area contributed by atoms with E-state index >= 15 is 0 Å². The minimum Gasteiger partial charge on any atom is -0.465 e. The topological polar surface area (TPSA) is 103 Å². The van der Waals surface area contributed by atoms with Crippen LogP contribution in [0.1, 0.15) is 34.1 Å². The number of anilines is 1. The summed E-state index contributed by atoms with van der Waals surface area (Å²) in [5, 5.41) is 11.5. The van der Waals surface area contributed by atoms with Crippen LogP contribution in [0.2, 0.25) is 0 Å². The van der Waals surface area contributed by atoms with E-state index < -0.39 is 11.7 Å². The number of ether oxygens (including phenoxy) is 2. The Morgan fingerprint density at radius 1 is 1.12 bits per heavy atom. The Morgan fingerprint density at radius 3 is 2.58 bits per heavy atom. The van der Waals surface area contributed by atoms with E-state index in [-0.39, 0.29) is 12.5 Å². The summed E-state index contributed by atoms with van der Waals surface area (Å²) in [6.45, 7) is 8.58. The van der Waals surface area contributed by atoms with E-state index in [1.165, 1.54) is 0 Å². The Morgan fingerprint density at radius 2 is 1.91 bits per heavy atom. The molecule has 3 heterocycles. The molecule has 0 atom stereocenters. The lowest BCUT2D eigenvalue weighted by Crippen LogP contribution is -2.36. The highest BCUT2D eigenvalue weighted by molar-refractivity contribution is 5.81. The molecule has 178 valence electrons. The normalized spacial score (nSPS) is 11.4. The quantitative estimate of drug-likeness (QED) is 0.390. The van der Waals surface area contributed by atoms with Crippen LogP contribution in [-0.4, -0.2) is 63.3 Å². The van der Waals surface area contributed by atoms with E-state index in [0.29, 0.717) is 26.1 Å². The molecule has 10 nitrogen and oxygen atoms in total. The van der Waals surface area contributed by atoms with E-state index in [9.17, 15) is 9.59 Å². The molecule has 0 aromatic carbocycles. The molecular formula is C23H32N6O4. The number of nitrogens with one attached hydrogen (secondary N) is 1. The Balaban J connectivity index is 1.73. The maximum Gasteiger partial charge on any atom is 0.407 e. The number of rotatable bonds is 9. The van der Waals surface area contributed by atoms with E-state index in [1.54, 1.807) is 28.5 Å². The Hall–Kier alpha value is -3.56. The van der Waals surface area contributed by atoms with E-state index in [1.807, 2.05) is 57.2 Å². The molecular weight excluding hydrogens is 424 g/mol. The molecule has 0 spiro atoms. The summed E-state index contributed by atoms with van der Waals surface area (Å²) >= 11 is 0. The van der Waals surface area contributed by atoms with Crippen LogP contribution in [0.4, 0.5) is 10.5 Å². The van der Waals surface area contributed by atoms with Crippen molar-refractivity contribution < 1.29 is 19.1 Å². The third-order valence-electron chi connectivity index (χ3n) is 4.77. The van der Waals surface area contributed by atoms with Gasteiger partial charge in [0.15, 0.2) is 0 Å². The van der Waals surface area contributed by atoms with Gasteiger partial charge in [0, 0.05) is 43.7 Å². The van der Waals surface area contributed by atoms with Crippen molar-refractivity contribution in [1.29, 1.82) is 0 Å². The van der Waals surface area contributed by atoms with Crippen molar-refractivity contribution in [2.75, 3.05) is 31.1 Å². The lowest BCUT2D eigenvalue weighted by Gasteiger charge is -2.23. The first-order valence-corrected chi connectivity index (χ1v) is 11.0.